The van der Waals surface area contributed by atoms with Gasteiger partial charge in [0.1, 0.15) is 35.6 Å². The lowest BCUT2D eigenvalue weighted by Crippen LogP contribution is -2.41. The van der Waals surface area contributed by atoms with Gasteiger partial charge in [-0.25, -0.2) is 15.0 Å². The van der Waals surface area contributed by atoms with Crippen molar-refractivity contribution < 1.29 is 14.1 Å². The normalized spacial score (nSPS) is 24.4. The maximum atomic E-state index is 13.2. The van der Waals surface area contributed by atoms with E-state index in [0.717, 1.165) is 80.6 Å². The van der Waals surface area contributed by atoms with Crippen molar-refractivity contribution in [2.45, 2.75) is 82.3 Å². The maximum absolute atomic E-state index is 13.2. The highest BCUT2D eigenvalue weighted by molar-refractivity contribution is 5.91. The lowest BCUT2D eigenvalue weighted by Gasteiger charge is -2.37. The molecule has 1 spiro atoms. The number of likely N-dealkylation sites (tertiary alicyclic amines) is 1. The Morgan fingerprint density at radius 3 is 2.90 bits per heavy atom. The number of likely N-dealkylation sites (N-methyl/N-ethyl adjacent to an activating group) is 1. The van der Waals surface area contributed by atoms with Gasteiger partial charge in [0.05, 0.1) is 5.41 Å². The standard InChI is InChI=1S/C29H33N7O3/c1-18(21-8-6-14-35(21)2)38-24-15-23(36-17-30-16-19-10-13-31-28(19)36)32-27(33-24)25-20-7-5-12-29(26(20)34-39-25)11-4-3-9-22(29)37/h10,13,15-18,21H,3-9,11-12,14H2,1-2H3/t18-,21-,29+/m0/s1. The average Bonchev–Trinajstić information content (AvgIpc) is 3.70. The van der Waals surface area contributed by atoms with Crippen LogP contribution in [0.3, 0.4) is 0 Å². The van der Waals surface area contributed by atoms with Crippen LogP contribution in [0.25, 0.3) is 28.8 Å². The molecule has 0 amide bonds. The number of aromatic nitrogens is 6. The third-order valence-electron chi connectivity index (χ3n) is 8.96. The molecule has 0 N–H and O–H groups in total. The molecule has 10 heteroatoms. The van der Waals surface area contributed by atoms with Gasteiger partial charge in [0.25, 0.3) is 0 Å². The van der Waals surface area contributed by atoms with E-state index in [9.17, 15) is 4.79 Å². The zero-order valence-electron chi connectivity index (χ0n) is 22.5. The van der Waals surface area contributed by atoms with Crippen LogP contribution in [0.2, 0.25) is 0 Å². The van der Waals surface area contributed by atoms with E-state index in [0.29, 0.717) is 41.5 Å². The SMILES string of the molecule is C[C@H](Oc1cc(-n2cncc3ccnc2-3)nc(-c2onc3c2CCC[C@@]32CCCCC2=O)n1)[C@@H]1CCCN1C. The Morgan fingerprint density at radius 2 is 2.05 bits per heavy atom. The van der Waals surface area contributed by atoms with Gasteiger partial charge in [-0.3, -0.25) is 14.3 Å². The van der Waals surface area contributed by atoms with Crippen molar-refractivity contribution in [3.63, 3.8) is 0 Å². The van der Waals surface area contributed by atoms with Gasteiger partial charge >= 0.3 is 0 Å². The van der Waals surface area contributed by atoms with Gasteiger partial charge in [-0.1, -0.05) is 11.6 Å². The lowest BCUT2D eigenvalue weighted by atomic mass is 9.64. The Morgan fingerprint density at radius 1 is 1.15 bits per heavy atom. The first-order chi connectivity index (χ1) is 19.0. The molecule has 0 radical (unpaired) electrons. The third kappa shape index (κ3) is 4.04. The number of Topliss-reactive ketones (excluding diaryl/α,β-unsaturated/α-hetero) is 1. The van der Waals surface area contributed by atoms with Crippen molar-refractivity contribution in [2.75, 3.05) is 13.6 Å². The molecule has 3 atom stereocenters. The van der Waals surface area contributed by atoms with Gasteiger partial charge in [0, 0.05) is 42.0 Å². The molecule has 2 aromatic rings. The molecule has 39 heavy (non-hydrogen) atoms. The monoisotopic (exact) mass is 527 g/mol. The first-order valence-corrected chi connectivity index (χ1v) is 14.1. The summed E-state index contributed by atoms with van der Waals surface area (Å²) in [6.07, 6.45) is 13.4. The largest absolute Gasteiger partial charge is 0.473 e. The Balaban J connectivity index is 1.33. The van der Waals surface area contributed by atoms with Crippen LogP contribution < -0.4 is 4.74 Å². The number of fused-ring (bicyclic) bond motifs is 3. The van der Waals surface area contributed by atoms with Crippen molar-refractivity contribution in [2.24, 2.45) is 0 Å². The molecule has 2 aromatic heterocycles. The molecule has 10 nitrogen and oxygen atoms in total. The fourth-order valence-electron chi connectivity index (χ4n) is 6.92. The molecule has 0 aromatic carbocycles. The van der Waals surface area contributed by atoms with Crippen molar-refractivity contribution in [3.8, 4) is 34.7 Å². The topological polar surface area (TPSA) is 112 Å². The zero-order valence-corrected chi connectivity index (χ0v) is 22.5. The van der Waals surface area contributed by atoms with E-state index in [1.54, 1.807) is 18.7 Å². The number of hydrogen-bond donors (Lipinski definition) is 0. The van der Waals surface area contributed by atoms with Crippen molar-refractivity contribution in [1.29, 1.82) is 0 Å². The van der Waals surface area contributed by atoms with Crippen molar-refractivity contribution in [3.05, 3.63) is 42.1 Å². The number of hydrogen-bond acceptors (Lipinski definition) is 9. The molecule has 1 saturated heterocycles. The lowest BCUT2D eigenvalue weighted by molar-refractivity contribution is -0.127. The molecule has 1 saturated carbocycles. The number of ether oxygens (including phenoxy) is 1. The summed E-state index contributed by atoms with van der Waals surface area (Å²) in [6.45, 7) is 3.16. The molecule has 2 fully saturated rings. The molecule has 0 bridgehead atoms. The van der Waals surface area contributed by atoms with Crippen LogP contribution in [0.1, 0.15) is 69.5 Å². The fraction of sp³-hybridized carbons (Fsp3) is 0.517. The highest BCUT2D eigenvalue weighted by Crippen LogP contribution is 2.47. The number of rotatable bonds is 5. The van der Waals surface area contributed by atoms with Gasteiger partial charge in [-0.05, 0) is 71.5 Å². The van der Waals surface area contributed by atoms with Crippen LogP contribution in [-0.2, 0) is 16.6 Å². The number of carbonyl (C=O) groups is 1. The van der Waals surface area contributed by atoms with E-state index >= 15 is 0 Å². The molecular formula is C29H33N7O3. The van der Waals surface area contributed by atoms with Crippen molar-refractivity contribution >= 4 is 5.78 Å². The molecule has 0 unspecified atom stereocenters. The molecule has 3 aliphatic heterocycles. The minimum Gasteiger partial charge on any atom is -0.473 e. The van der Waals surface area contributed by atoms with Crippen LogP contribution in [0.5, 0.6) is 5.88 Å². The zero-order chi connectivity index (χ0) is 26.6. The summed E-state index contributed by atoms with van der Waals surface area (Å²) in [5.41, 5.74) is 2.13. The van der Waals surface area contributed by atoms with Gasteiger partial charge in [-0.15, -0.1) is 0 Å². The first-order valence-electron chi connectivity index (χ1n) is 14.1. The second kappa shape index (κ2) is 9.51. The minimum absolute atomic E-state index is 0.0594. The highest BCUT2D eigenvalue weighted by Gasteiger charge is 2.48. The second-order valence-corrected chi connectivity index (χ2v) is 11.3. The Kier molecular flexibility index (Phi) is 5.95. The van der Waals surface area contributed by atoms with E-state index in [-0.39, 0.29) is 6.10 Å². The summed E-state index contributed by atoms with van der Waals surface area (Å²) < 4.78 is 14.3. The average molecular weight is 528 g/mol. The van der Waals surface area contributed by atoms with Gasteiger partial charge in [-0.2, -0.15) is 4.98 Å². The smallest absolute Gasteiger partial charge is 0.219 e. The van der Waals surface area contributed by atoms with E-state index in [1.807, 2.05) is 16.7 Å². The van der Waals surface area contributed by atoms with Crippen LogP contribution in [0.4, 0.5) is 0 Å². The molecule has 5 heterocycles. The van der Waals surface area contributed by atoms with Crippen molar-refractivity contribution in [1.82, 2.24) is 34.6 Å². The molecule has 2 aliphatic carbocycles. The van der Waals surface area contributed by atoms with E-state index in [1.165, 1.54) is 0 Å². The minimum atomic E-state index is -0.532. The van der Waals surface area contributed by atoms with Crippen LogP contribution in [-0.4, -0.2) is 66.1 Å². The van der Waals surface area contributed by atoms with E-state index < -0.39 is 5.41 Å². The fourth-order valence-corrected chi connectivity index (χ4v) is 6.92. The highest BCUT2D eigenvalue weighted by atomic mass is 16.5. The Bertz CT molecular complexity index is 1500. The second-order valence-electron chi connectivity index (χ2n) is 11.3. The van der Waals surface area contributed by atoms with Crippen LogP contribution in [0, 0.1) is 0 Å². The third-order valence-corrected chi connectivity index (χ3v) is 8.96. The maximum Gasteiger partial charge on any atom is 0.219 e. The van der Waals surface area contributed by atoms with E-state index in [4.69, 9.17) is 19.2 Å². The van der Waals surface area contributed by atoms with Gasteiger partial charge in [0.2, 0.25) is 17.5 Å². The summed E-state index contributed by atoms with van der Waals surface area (Å²) in [5.74, 6) is 3.01. The number of carbonyl (C=O) groups excluding carboxylic acids is 1. The molecule has 202 valence electrons. The number of nitrogens with zero attached hydrogens (tertiary/aromatic N) is 7. The van der Waals surface area contributed by atoms with E-state index in [2.05, 4.69) is 34.0 Å². The van der Waals surface area contributed by atoms with Crippen LogP contribution in [0.15, 0.2) is 35.4 Å². The molecule has 5 aliphatic rings. The summed E-state index contributed by atoms with van der Waals surface area (Å²) in [6, 6.07) is 4.07. The summed E-state index contributed by atoms with van der Waals surface area (Å²) >= 11 is 0. The Hall–Kier alpha value is -3.66. The predicted molar refractivity (Wildman–Crippen MR) is 143 cm³/mol. The first kappa shape index (κ1) is 24.4. The number of ketones is 1. The van der Waals surface area contributed by atoms with Crippen LogP contribution >= 0.6 is 0 Å². The summed E-state index contributed by atoms with van der Waals surface area (Å²) in [5, 5.41) is 4.51. The van der Waals surface area contributed by atoms with Gasteiger partial charge < -0.3 is 9.26 Å². The van der Waals surface area contributed by atoms with Gasteiger partial charge in [0.15, 0.2) is 0 Å². The quantitative estimate of drug-likeness (QED) is 0.373. The summed E-state index contributed by atoms with van der Waals surface area (Å²) in [7, 11) is 2.14. The Labute approximate surface area is 227 Å². The summed E-state index contributed by atoms with van der Waals surface area (Å²) in [4.78, 5) is 34.2. The molecular weight excluding hydrogens is 494 g/mol. The molecule has 7 rings (SSSR count). The predicted octanol–water partition coefficient (Wildman–Crippen LogP) is 4.40.